The van der Waals surface area contributed by atoms with Gasteiger partial charge in [-0.25, -0.2) is 0 Å². The standard InChI is InChI=1S/C66H54BN3O2/c1-65(2,3)45-35-37-54-52(39-45)67-53-40-46(66(4,5)6)36-38-55(53)70(62-51-32-20-22-34-59(51)72-64(62)44-25-13-8-14-26-44)57-42-49(68(47-27-15-9-16-28-47)48-29-17-10-18-30-48)41-56(60(57)67)69(54)61-50-31-19-21-33-58(50)71-63(61)43-23-11-7-12-24-43/h7-42H,1-6H3. The molecule has 0 atom stereocenters. The van der Waals surface area contributed by atoms with Gasteiger partial charge in [-0.2, -0.15) is 0 Å². The molecule has 5 nitrogen and oxygen atoms in total. The van der Waals surface area contributed by atoms with E-state index in [1.54, 1.807) is 0 Å². The van der Waals surface area contributed by atoms with Crippen LogP contribution in [-0.4, -0.2) is 6.71 Å². The lowest BCUT2D eigenvalue weighted by Gasteiger charge is -2.45. The third-order valence-corrected chi connectivity index (χ3v) is 14.7. The minimum Gasteiger partial charge on any atom is -0.454 e. The van der Waals surface area contributed by atoms with Crippen LogP contribution in [0.1, 0.15) is 52.7 Å². The molecule has 0 bridgehead atoms. The Kier molecular flexibility index (Phi) is 10.0. The Bertz CT molecular complexity index is 3600. The number of fused-ring (bicyclic) bond motifs is 6. The first-order valence-electron chi connectivity index (χ1n) is 25.1. The fourth-order valence-corrected chi connectivity index (χ4v) is 11.2. The first kappa shape index (κ1) is 43.5. The molecule has 13 rings (SSSR count). The number of rotatable bonds is 7. The third-order valence-electron chi connectivity index (χ3n) is 14.7. The van der Waals surface area contributed by atoms with E-state index in [-0.39, 0.29) is 17.5 Å². The largest absolute Gasteiger partial charge is 0.454 e. The number of para-hydroxylation sites is 4. The van der Waals surface area contributed by atoms with Crippen LogP contribution in [0.5, 0.6) is 0 Å². The molecule has 0 unspecified atom stereocenters. The molecule has 0 fully saturated rings. The molecular formula is C66H54BN3O2. The van der Waals surface area contributed by atoms with E-state index in [1.165, 1.54) is 27.5 Å². The molecule has 0 N–H and O–H groups in total. The van der Waals surface area contributed by atoms with E-state index in [1.807, 2.05) is 0 Å². The van der Waals surface area contributed by atoms with E-state index in [9.17, 15) is 0 Å². The number of hydrogen-bond acceptors (Lipinski definition) is 5. The van der Waals surface area contributed by atoms with E-state index < -0.39 is 0 Å². The highest BCUT2D eigenvalue weighted by Gasteiger charge is 2.47. The van der Waals surface area contributed by atoms with Crippen molar-refractivity contribution in [3.05, 3.63) is 230 Å². The van der Waals surface area contributed by atoms with Crippen molar-refractivity contribution in [3.63, 3.8) is 0 Å². The zero-order chi connectivity index (χ0) is 48.9. The van der Waals surface area contributed by atoms with Gasteiger partial charge in [0.05, 0.1) is 5.69 Å². The van der Waals surface area contributed by atoms with Crippen LogP contribution in [0, 0.1) is 0 Å². The van der Waals surface area contributed by atoms with Gasteiger partial charge in [0.15, 0.2) is 11.5 Å². The predicted molar refractivity (Wildman–Crippen MR) is 303 cm³/mol. The summed E-state index contributed by atoms with van der Waals surface area (Å²) in [5, 5.41) is 2.08. The van der Waals surface area contributed by atoms with Gasteiger partial charge >= 0.3 is 0 Å². The molecule has 0 amide bonds. The minimum absolute atomic E-state index is 0.118. The Morgan fingerprint density at radius 3 is 1.15 bits per heavy atom. The third kappa shape index (κ3) is 6.99. The summed E-state index contributed by atoms with van der Waals surface area (Å²) in [6.07, 6.45) is 0. The Morgan fingerprint density at radius 1 is 0.375 bits per heavy atom. The van der Waals surface area contributed by atoms with Gasteiger partial charge in [0.2, 0.25) is 0 Å². The summed E-state index contributed by atoms with van der Waals surface area (Å²) in [5.74, 6) is 1.64. The van der Waals surface area contributed by atoms with Crippen LogP contribution in [0.25, 0.3) is 44.6 Å². The van der Waals surface area contributed by atoms with Gasteiger partial charge in [0.25, 0.3) is 6.71 Å². The topological polar surface area (TPSA) is 36.0 Å². The second-order valence-electron chi connectivity index (χ2n) is 21.3. The van der Waals surface area contributed by atoms with Gasteiger partial charge in [-0.3, -0.25) is 0 Å². The molecule has 0 aliphatic carbocycles. The van der Waals surface area contributed by atoms with Crippen molar-refractivity contribution in [1.29, 1.82) is 0 Å². The molecule has 2 aromatic heterocycles. The van der Waals surface area contributed by atoms with E-state index in [0.29, 0.717) is 0 Å². The zero-order valence-corrected chi connectivity index (χ0v) is 41.5. The summed E-state index contributed by atoms with van der Waals surface area (Å²) in [5.41, 5.74) is 19.3. The van der Waals surface area contributed by atoms with Gasteiger partial charge < -0.3 is 23.5 Å². The lowest BCUT2D eigenvalue weighted by atomic mass is 9.33. The summed E-state index contributed by atoms with van der Waals surface area (Å²) < 4.78 is 14.2. The lowest BCUT2D eigenvalue weighted by Crippen LogP contribution is -2.61. The Hall–Kier alpha value is -8.48. The van der Waals surface area contributed by atoms with Crippen LogP contribution in [0.15, 0.2) is 227 Å². The number of anilines is 9. The van der Waals surface area contributed by atoms with Crippen molar-refractivity contribution in [2.24, 2.45) is 0 Å². The molecule has 0 saturated heterocycles. The van der Waals surface area contributed by atoms with Crippen molar-refractivity contribution < 1.29 is 8.83 Å². The van der Waals surface area contributed by atoms with Crippen molar-refractivity contribution in [2.45, 2.75) is 52.4 Å². The normalized spacial score (nSPS) is 13.1. The minimum atomic E-state index is -0.148. The Morgan fingerprint density at radius 2 is 0.750 bits per heavy atom. The molecule has 0 saturated carbocycles. The maximum absolute atomic E-state index is 7.09. The smallest absolute Gasteiger partial charge is 0.252 e. The summed E-state index contributed by atoms with van der Waals surface area (Å²) in [6.45, 7) is 13.8. The molecule has 0 radical (unpaired) electrons. The van der Waals surface area contributed by atoms with E-state index in [0.717, 1.165) is 95.8 Å². The van der Waals surface area contributed by atoms with Crippen LogP contribution < -0.4 is 31.1 Å². The lowest BCUT2D eigenvalue weighted by molar-refractivity contribution is 0.590. The number of benzene rings is 9. The second kappa shape index (κ2) is 16.6. The molecule has 2 aliphatic rings. The average Bonchev–Trinajstić information content (AvgIpc) is 3.98. The molecule has 0 spiro atoms. The van der Waals surface area contributed by atoms with Crippen molar-refractivity contribution in [1.82, 2.24) is 0 Å². The van der Waals surface area contributed by atoms with Gasteiger partial charge in [0.1, 0.15) is 22.5 Å². The van der Waals surface area contributed by atoms with Crippen molar-refractivity contribution in [3.8, 4) is 22.6 Å². The Labute approximate surface area is 422 Å². The first-order chi connectivity index (χ1) is 35.0. The maximum atomic E-state index is 7.09. The fourth-order valence-electron chi connectivity index (χ4n) is 11.2. The highest BCUT2D eigenvalue weighted by molar-refractivity contribution is 7.00. The average molecular weight is 932 g/mol. The van der Waals surface area contributed by atoms with E-state index in [4.69, 9.17) is 8.83 Å². The maximum Gasteiger partial charge on any atom is 0.252 e. The van der Waals surface area contributed by atoms with Crippen LogP contribution in [0.4, 0.5) is 51.2 Å². The van der Waals surface area contributed by atoms with Crippen molar-refractivity contribution >= 4 is 96.2 Å². The summed E-state index contributed by atoms with van der Waals surface area (Å²) in [4.78, 5) is 7.46. The zero-order valence-electron chi connectivity index (χ0n) is 41.5. The molecule has 9 aromatic carbocycles. The summed E-state index contributed by atoms with van der Waals surface area (Å²) in [6, 6.07) is 79.1. The van der Waals surface area contributed by atoms with Crippen LogP contribution in [0.2, 0.25) is 0 Å². The molecule has 348 valence electrons. The van der Waals surface area contributed by atoms with Crippen LogP contribution in [0.3, 0.4) is 0 Å². The molecule has 6 heteroatoms. The van der Waals surface area contributed by atoms with Crippen LogP contribution >= 0.6 is 0 Å². The molecule has 72 heavy (non-hydrogen) atoms. The molecule has 4 heterocycles. The monoisotopic (exact) mass is 931 g/mol. The Balaban J connectivity index is 1.23. The SMILES string of the molecule is CC(C)(C)c1ccc2c(c1)B1c3cc(C(C)(C)C)ccc3N(c3c(-c4ccccc4)oc4ccccc34)c3cc(N(c4ccccc4)c4ccccc4)cc(c31)N2c1c(-c2ccccc2)oc2ccccc12. The first-order valence-corrected chi connectivity index (χ1v) is 25.1. The highest BCUT2D eigenvalue weighted by Crippen LogP contribution is 2.54. The molecular weight excluding hydrogens is 878 g/mol. The number of hydrogen-bond donors (Lipinski definition) is 0. The van der Waals surface area contributed by atoms with Crippen molar-refractivity contribution in [2.75, 3.05) is 14.7 Å². The fraction of sp³-hybridized carbons (Fsp3) is 0.121. The quantitative estimate of drug-likeness (QED) is 0.149. The van der Waals surface area contributed by atoms with E-state index >= 15 is 0 Å². The van der Waals surface area contributed by atoms with Gasteiger partial charge in [0, 0.05) is 56.0 Å². The second-order valence-corrected chi connectivity index (χ2v) is 21.3. The summed E-state index contributed by atoms with van der Waals surface area (Å²) in [7, 11) is 0. The number of nitrogens with zero attached hydrogens (tertiary/aromatic N) is 3. The van der Waals surface area contributed by atoms with Crippen LogP contribution in [-0.2, 0) is 10.8 Å². The summed E-state index contributed by atoms with van der Waals surface area (Å²) >= 11 is 0. The number of furan rings is 2. The van der Waals surface area contributed by atoms with Gasteiger partial charge in [-0.1, -0.05) is 187 Å². The molecule has 2 aliphatic heterocycles. The molecule has 11 aromatic rings. The van der Waals surface area contributed by atoms with E-state index in [2.05, 4.69) is 275 Å². The predicted octanol–water partition coefficient (Wildman–Crippen LogP) is 16.7. The highest BCUT2D eigenvalue weighted by atomic mass is 16.3. The van der Waals surface area contributed by atoms with Gasteiger partial charge in [-0.15, -0.1) is 0 Å². The van der Waals surface area contributed by atoms with Gasteiger partial charge in [-0.05, 0) is 111 Å².